The van der Waals surface area contributed by atoms with E-state index in [-0.39, 0.29) is 5.71 Å². The highest BCUT2D eigenvalue weighted by molar-refractivity contribution is 6.36. The van der Waals surface area contributed by atoms with Crippen LogP contribution >= 0.6 is 0 Å². The first-order chi connectivity index (χ1) is 4.18. The summed E-state index contributed by atoms with van der Waals surface area (Å²) in [6, 6.07) is 0. The molecule has 0 aliphatic rings. The van der Waals surface area contributed by atoms with E-state index in [1.54, 1.807) is 0 Å². The van der Waals surface area contributed by atoms with Gasteiger partial charge in [0.15, 0.2) is 0 Å². The molecular weight excluding hydrogens is 116 g/mol. The second-order valence-corrected chi connectivity index (χ2v) is 1.95. The van der Waals surface area contributed by atoms with Crippen molar-refractivity contribution in [3.63, 3.8) is 0 Å². The van der Waals surface area contributed by atoms with Crippen LogP contribution in [0.2, 0.25) is 0 Å². The minimum atomic E-state index is -0.594. The first-order valence-electron chi connectivity index (χ1n) is 3.05. The molecule has 3 heteroatoms. The van der Waals surface area contributed by atoms with Crippen molar-refractivity contribution in [1.29, 1.82) is 5.41 Å². The van der Waals surface area contributed by atoms with E-state index in [4.69, 9.17) is 11.1 Å². The molecule has 0 bridgehead atoms. The lowest BCUT2D eigenvalue weighted by atomic mass is 10.2. The van der Waals surface area contributed by atoms with Crippen LogP contribution in [0.5, 0.6) is 0 Å². The molecule has 0 unspecified atom stereocenters. The third kappa shape index (κ3) is 3.70. The summed E-state index contributed by atoms with van der Waals surface area (Å²) in [4.78, 5) is 10.2. The summed E-state index contributed by atoms with van der Waals surface area (Å²) in [5.74, 6) is -0.594. The Bertz CT molecular complexity index is 120. The predicted octanol–water partition coefficient (Wildman–Crippen LogP) is 0.682. The Labute approximate surface area is 54.8 Å². The number of rotatable bonds is 4. The summed E-state index contributed by atoms with van der Waals surface area (Å²) < 4.78 is 0. The number of carbonyl (C=O) groups is 1. The van der Waals surface area contributed by atoms with Gasteiger partial charge in [0.1, 0.15) is 0 Å². The maximum Gasteiger partial charge on any atom is 0.262 e. The zero-order valence-corrected chi connectivity index (χ0v) is 5.61. The van der Waals surface area contributed by atoms with E-state index in [9.17, 15) is 4.79 Å². The molecule has 0 saturated carbocycles. The van der Waals surface area contributed by atoms with Gasteiger partial charge < -0.3 is 5.73 Å². The minimum absolute atomic E-state index is 0.0388. The predicted molar refractivity (Wildman–Crippen MR) is 36.4 cm³/mol. The van der Waals surface area contributed by atoms with Crippen molar-refractivity contribution in [2.75, 3.05) is 0 Å². The van der Waals surface area contributed by atoms with Crippen LogP contribution < -0.4 is 5.73 Å². The highest BCUT2D eigenvalue weighted by Crippen LogP contribution is 1.93. The number of nitrogens with two attached hydrogens (primary N) is 1. The molecule has 0 aliphatic carbocycles. The molecule has 0 heterocycles. The number of unbranched alkanes of at least 4 members (excludes halogenated alkanes) is 1. The van der Waals surface area contributed by atoms with E-state index in [1.165, 1.54) is 0 Å². The lowest BCUT2D eigenvalue weighted by Gasteiger charge is -1.94. The van der Waals surface area contributed by atoms with Crippen LogP contribution in [-0.4, -0.2) is 11.6 Å². The van der Waals surface area contributed by atoms with E-state index in [0.717, 1.165) is 12.8 Å². The van der Waals surface area contributed by atoms with E-state index in [0.29, 0.717) is 6.42 Å². The Morgan fingerprint density at radius 3 is 2.56 bits per heavy atom. The first kappa shape index (κ1) is 8.14. The highest BCUT2D eigenvalue weighted by Gasteiger charge is 2.00. The Hall–Kier alpha value is -0.860. The summed E-state index contributed by atoms with van der Waals surface area (Å²) in [5, 5.41) is 6.97. The molecule has 0 rings (SSSR count). The van der Waals surface area contributed by atoms with Crippen molar-refractivity contribution in [3.8, 4) is 0 Å². The molecule has 0 aromatic rings. The van der Waals surface area contributed by atoms with Crippen LogP contribution in [0.25, 0.3) is 0 Å². The van der Waals surface area contributed by atoms with Gasteiger partial charge in [-0.3, -0.25) is 10.2 Å². The van der Waals surface area contributed by atoms with Gasteiger partial charge >= 0.3 is 0 Å². The zero-order chi connectivity index (χ0) is 7.28. The number of primary amides is 1. The second kappa shape index (κ2) is 4.06. The fourth-order valence-electron chi connectivity index (χ4n) is 0.477. The van der Waals surface area contributed by atoms with Crippen LogP contribution in [0.15, 0.2) is 0 Å². The molecule has 52 valence electrons. The molecule has 0 spiro atoms. The number of hydrogen-bond donors (Lipinski definition) is 2. The lowest BCUT2D eigenvalue weighted by Crippen LogP contribution is -2.21. The van der Waals surface area contributed by atoms with Gasteiger partial charge in [0.25, 0.3) is 5.91 Å². The summed E-state index contributed by atoms with van der Waals surface area (Å²) in [6.07, 6.45) is 2.39. The Kier molecular flexibility index (Phi) is 3.67. The number of nitrogens with one attached hydrogen (secondary N) is 1. The fourth-order valence-corrected chi connectivity index (χ4v) is 0.477. The van der Waals surface area contributed by atoms with Gasteiger partial charge in [0.2, 0.25) is 0 Å². The molecule has 0 aromatic heterocycles. The molecule has 3 nitrogen and oxygen atoms in total. The van der Waals surface area contributed by atoms with E-state index in [1.807, 2.05) is 6.92 Å². The standard InChI is InChI=1S/C6H12N2O/c1-2-3-4-5(7)6(8)9/h7H,2-4H2,1H3,(H2,8,9). The van der Waals surface area contributed by atoms with Gasteiger partial charge in [-0.1, -0.05) is 13.3 Å². The lowest BCUT2D eigenvalue weighted by molar-refractivity contribution is -0.112. The van der Waals surface area contributed by atoms with Crippen molar-refractivity contribution < 1.29 is 4.79 Å². The normalized spacial score (nSPS) is 9.00. The van der Waals surface area contributed by atoms with Crippen molar-refractivity contribution in [2.45, 2.75) is 26.2 Å². The van der Waals surface area contributed by atoms with Gasteiger partial charge in [-0.2, -0.15) is 0 Å². The molecule has 0 aromatic carbocycles. The van der Waals surface area contributed by atoms with Gasteiger partial charge in [0, 0.05) is 0 Å². The highest BCUT2D eigenvalue weighted by atomic mass is 16.1. The monoisotopic (exact) mass is 128 g/mol. The van der Waals surface area contributed by atoms with Crippen molar-refractivity contribution >= 4 is 11.6 Å². The average Bonchev–Trinajstić information content (AvgIpc) is 1.82. The Balaban J connectivity index is 3.39. The van der Waals surface area contributed by atoms with Crippen LogP contribution in [0.1, 0.15) is 26.2 Å². The molecule has 0 radical (unpaired) electrons. The van der Waals surface area contributed by atoms with Crippen LogP contribution in [0, 0.1) is 5.41 Å². The fraction of sp³-hybridized carbons (Fsp3) is 0.667. The van der Waals surface area contributed by atoms with Gasteiger partial charge in [-0.15, -0.1) is 0 Å². The number of amides is 1. The van der Waals surface area contributed by atoms with Gasteiger partial charge in [0.05, 0.1) is 5.71 Å². The molecular formula is C6H12N2O. The van der Waals surface area contributed by atoms with E-state index < -0.39 is 5.91 Å². The number of carbonyl (C=O) groups excluding carboxylic acids is 1. The molecule has 0 saturated heterocycles. The molecule has 3 N–H and O–H groups in total. The topological polar surface area (TPSA) is 66.9 Å². The molecule has 0 fully saturated rings. The molecule has 1 amide bonds. The maximum atomic E-state index is 10.2. The van der Waals surface area contributed by atoms with Crippen molar-refractivity contribution in [3.05, 3.63) is 0 Å². The van der Waals surface area contributed by atoms with Crippen LogP contribution in [0.3, 0.4) is 0 Å². The van der Waals surface area contributed by atoms with Crippen LogP contribution in [-0.2, 0) is 4.79 Å². The first-order valence-corrected chi connectivity index (χ1v) is 3.05. The quantitative estimate of drug-likeness (QED) is 0.537. The van der Waals surface area contributed by atoms with E-state index >= 15 is 0 Å². The summed E-state index contributed by atoms with van der Waals surface area (Å²) >= 11 is 0. The SMILES string of the molecule is CCCCC(=N)C(N)=O. The molecule has 0 aliphatic heterocycles. The Morgan fingerprint density at radius 1 is 1.67 bits per heavy atom. The van der Waals surface area contributed by atoms with Gasteiger partial charge in [-0.05, 0) is 12.8 Å². The second-order valence-electron chi connectivity index (χ2n) is 1.95. The zero-order valence-electron chi connectivity index (χ0n) is 5.61. The summed E-state index contributed by atoms with van der Waals surface area (Å²) in [7, 11) is 0. The van der Waals surface area contributed by atoms with Crippen LogP contribution in [0.4, 0.5) is 0 Å². The van der Waals surface area contributed by atoms with Crippen molar-refractivity contribution in [2.24, 2.45) is 5.73 Å². The smallest absolute Gasteiger partial charge is 0.262 e. The summed E-state index contributed by atoms with van der Waals surface area (Å²) in [5.41, 5.74) is 4.85. The maximum absolute atomic E-state index is 10.2. The molecule has 9 heavy (non-hydrogen) atoms. The summed E-state index contributed by atoms with van der Waals surface area (Å²) in [6.45, 7) is 2.01. The average molecular weight is 128 g/mol. The van der Waals surface area contributed by atoms with Gasteiger partial charge in [-0.25, -0.2) is 0 Å². The Morgan fingerprint density at radius 2 is 2.22 bits per heavy atom. The third-order valence-corrected chi connectivity index (χ3v) is 1.08. The van der Waals surface area contributed by atoms with E-state index in [2.05, 4.69) is 0 Å². The molecule has 0 atom stereocenters. The third-order valence-electron chi connectivity index (χ3n) is 1.08. The number of hydrogen-bond acceptors (Lipinski definition) is 2. The minimum Gasteiger partial charge on any atom is -0.365 e. The largest absolute Gasteiger partial charge is 0.365 e. The van der Waals surface area contributed by atoms with Crippen molar-refractivity contribution in [1.82, 2.24) is 0 Å².